The number of esters is 1. The monoisotopic (exact) mass is 296 g/mol. The molecule has 3 nitrogen and oxygen atoms in total. The van der Waals surface area contributed by atoms with E-state index in [1.807, 2.05) is 0 Å². The lowest BCUT2D eigenvalue weighted by molar-refractivity contribution is -0.132. The molecule has 19 heavy (non-hydrogen) atoms. The van der Waals surface area contributed by atoms with E-state index < -0.39 is 51.4 Å². The minimum atomic E-state index is -1.79. The summed E-state index contributed by atoms with van der Waals surface area (Å²) in [5.74, 6) is -10.0. The molecule has 0 saturated carbocycles. The maximum Gasteiger partial charge on any atom is 0.321 e. The molecule has 0 aromatic heterocycles. The lowest BCUT2D eigenvalue weighted by Crippen LogP contribution is -2.15. The average molecular weight is 296 g/mol. The quantitative estimate of drug-likeness (QED) is 0.372. The molecule has 0 saturated heterocycles. The fraction of sp³-hybridized carbons (Fsp3) is 0.273. The summed E-state index contributed by atoms with van der Waals surface area (Å²) in [6, 6.07) is 0. The van der Waals surface area contributed by atoms with E-state index in [1.165, 1.54) is 6.92 Å². The highest BCUT2D eigenvalue weighted by Crippen LogP contribution is 2.29. The summed E-state index contributed by atoms with van der Waals surface area (Å²) in [4.78, 5) is 21.7. The number of hydrogen-bond acceptors (Lipinski definition) is 4. The number of carbonyl (C=O) groups excluding carboxylic acids is 2. The van der Waals surface area contributed by atoms with Gasteiger partial charge in [0, 0.05) is 12.5 Å². The minimum absolute atomic E-state index is 0.417. The predicted molar refractivity (Wildman–Crippen MR) is 59.8 cm³/mol. The SMILES string of the molecule is CC(=O)SCC(=O)Oc1c(F)c(F)c(C)c(F)c1F. The van der Waals surface area contributed by atoms with E-state index in [2.05, 4.69) is 4.74 Å². The van der Waals surface area contributed by atoms with Crippen molar-refractivity contribution in [3.8, 4) is 5.75 Å². The van der Waals surface area contributed by atoms with Gasteiger partial charge >= 0.3 is 5.97 Å². The molecule has 0 heterocycles. The number of carbonyl (C=O) groups is 2. The summed E-state index contributed by atoms with van der Waals surface area (Å²) in [6.07, 6.45) is 0. The van der Waals surface area contributed by atoms with E-state index in [0.717, 1.165) is 6.92 Å². The summed E-state index contributed by atoms with van der Waals surface area (Å²) in [5.41, 5.74) is -0.854. The lowest BCUT2D eigenvalue weighted by atomic mass is 10.2. The fourth-order valence-electron chi connectivity index (χ4n) is 1.11. The Kier molecular flexibility index (Phi) is 4.93. The number of halogens is 4. The Hall–Kier alpha value is -1.57. The first-order chi connectivity index (χ1) is 8.75. The van der Waals surface area contributed by atoms with E-state index in [0.29, 0.717) is 11.8 Å². The van der Waals surface area contributed by atoms with Crippen LogP contribution >= 0.6 is 11.8 Å². The van der Waals surface area contributed by atoms with Crippen molar-refractivity contribution in [2.45, 2.75) is 13.8 Å². The third kappa shape index (κ3) is 3.46. The number of rotatable bonds is 3. The zero-order chi connectivity index (χ0) is 14.7. The highest BCUT2D eigenvalue weighted by Gasteiger charge is 2.26. The van der Waals surface area contributed by atoms with Crippen LogP contribution < -0.4 is 4.74 Å². The standard InChI is InChI=1S/C11H8F4O3S/c1-4-7(12)9(14)11(10(15)8(4)13)18-6(17)3-19-5(2)16/h3H2,1-2H3. The van der Waals surface area contributed by atoms with Crippen molar-refractivity contribution in [2.24, 2.45) is 0 Å². The molecule has 0 spiro atoms. The van der Waals surface area contributed by atoms with Crippen molar-refractivity contribution in [2.75, 3.05) is 5.75 Å². The van der Waals surface area contributed by atoms with Crippen LogP contribution in [0.1, 0.15) is 12.5 Å². The third-order valence-corrected chi connectivity index (χ3v) is 2.84. The molecule has 8 heteroatoms. The molecule has 1 aromatic carbocycles. The van der Waals surface area contributed by atoms with Gasteiger partial charge in [-0.2, -0.15) is 8.78 Å². The molecule has 0 amide bonds. The van der Waals surface area contributed by atoms with Gasteiger partial charge < -0.3 is 4.74 Å². The van der Waals surface area contributed by atoms with Gasteiger partial charge in [-0.05, 0) is 6.92 Å². The van der Waals surface area contributed by atoms with Gasteiger partial charge in [0.05, 0.1) is 5.75 Å². The number of benzene rings is 1. The summed E-state index contributed by atoms with van der Waals surface area (Å²) in [5, 5.41) is -0.417. The molecule has 1 aromatic rings. The van der Waals surface area contributed by atoms with E-state index in [1.54, 1.807) is 0 Å². The molecule has 0 unspecified atom stereocenters. The smallest absolute Gasteiger partial charge is 0.321 e. The molecule has 0 aliphatic heterocycles. The van der Waals surface area contributed by atoms with Crippen molar-refractivity contribution in [3.05, 3.63) is 28.8 Å². The number of ether oxygens (including phenoxy) is 1. The van der Waals surface area contributed by atoms with Gasteiger partial charge in [0.2, 0.25) is 17.4 Å². The van der Waals surface area contributed by atoms with Crippen LogP contribution in [0.5, 0.6) is 5.75 Å². The number of hydrogen-bond donors (Lipinski definition) is 0. The van der Waals surface area contributed by atoms with Crippen LogP contribution in [0.2, 0.25) is 0 Å². The Morgan fingerprint density at radius 3 is 1.95 bits per heavy atom. The van der Waals surface area contributed by atoms with Gasteiger partial charge in [0.1, 0.15) is 0 Å². The van der Waals surface area contributed by atoms with Gasteiger partial charge in [-0.1, -0.05) is 11.8 Å². The second kappa shape index (κ2) is 6.05. The van der Waals surface area contributed by atoms with Crippen molar-refractivity contribution in [1.82, 2.24) is 0 Å². The number of thioether (sulfide) groups is 1. The second-order valence-corrected chi connectivity index (χ2v) is 4.62. The molecule has 0 bridgehead atoms. The summed E-state index contributed by atoms with van der Waals surface area (Å²) in [7, 11) is 0. The van der Waals surface area contributed by atoms with Crippen molar-refractivity contribution >= 4 is 22.8 Å². The Labute approximate surface area is 109 Å². The maximum absolute atomic E-state index is 13.3. The fourth-order valence-corrected chi connectivity index (χ4v) is 1.49. The van der Waals surface area contributed by atoms with Crippen LogP contribution in [0.4, 0.5) is 17.6 Å². The van der Waals surface area contributed by atoms with Crippen LogP contribution in [-0.2, 0) is 9.59 Å². The van der Waals surface area contributed by atoms with Gasteiger partial charge in [-0.3, -0.25) is 9.59 Å². The van der Waals surface area contributed by atoms with Gasteiger partial charge in [-0.25, -0.2) is 8.78 Å². The first-order valence-electron chi connectivity index (χ1n) is 4.92. The molecule has 0 N–H and O–H groups in total. The van der Waals surface area contributed by atoms with Crippen LogP contribution in [0, 0.1) is 30.2 Å². The minimum Gasteiger partial charge on any atom is -0.419 e. The van der Waals surface area contributed by atoms with Gasteiger partial charge in [-0.15, -0.1) is 0 Å². The molecule has 0 aliphatic rings. The molecule has 1 rings (SSSR count). The van der Waals surface area contributed by atoms with E-state index >= 15 is 0 Å². The van der Waals surface area contributed by atoms with E-state index in [9.17, 15) is 27.2 Å². The van der Waals surface area contributed by atoms with E-state index in [-0.39, 0.29) is 0 Å². The largest absolute Gasteiger partial charge is 0.419 e. The Bertz CT molecular complexity index is 516. The summed E-state index contributed by atoms with van der Waals surface area (Å²) >= 11 is 0.536. The topological polar surface area (TPSA) is 43.4 Å². The van der Waals surface area contributed by atoms with Crippen LogP contribution in [0.15, 0.2) is 0 Å². The highest BCUT2D eigenvalue weighted by atomic mass is 32.2. The Morgan fingerprint density at radius 1 is 1.05 bits per heavy atom. The summed E-state index contributed by atoms with van der Waals surface area (Å²) in [6.45, 7) is 2.01. The third-order valence-electron chi connectivity index (χ3n) is 2.05. The zero-order valence-corrected chi connectivity index (χ0v) is 10.7. The van der Waals surface area contributed by atoms with Crippen LogP contribution in [-0.4, -0.2) is 16.8 Å². The molecular weight excluding hydrogens is 288 g/mol. The van der Waals surface area contributed by atoms with Gasteiger partial charge in [0.15, 0.2) is 16.7 Å². The van der Waals surface area contributed by atoms with Crippen LogP contribution in [0.3, 0.4) is 0 Å². The average Bonchev–Trinajstić information content (AvgIpc) is 2.36. The Balaban J connectivity index is 3.02. The normalized spacial score (nSPS) is 10.4. The first-order valence-corrected chi connectivity index (χ1v) is 5.90. The van der Waals surface area contributed by atoms with Crippen LogP contribution in [0.25, 0.3) is 0 Å². The molecular formula is C11H8F4O3S. The first kappa shape index (κ1) is 15.5. The molecule has 0 fully saturated rings. The van der Waals surface area contributed by atoms with Gasteiger partial charge in [0.25, 0.3) is 0 Å². The van der Waals surface area contributed by atoms with E-state index in [4.69, 9.17) is 0 Å². The lowest BCUT2D eigenvalue weighted by Gasteiger charge is -2.09. The molecule has 0 aliphatic carbocycles. The zero-order valence-electron chi connectivity index (χ0n) is 9.85. The van der Waals surface area contributed by atoms with Crippen molar-refractivity contribution in [1.29, 1.82) is 0 Å². The summed E-state index contributed by atoms with van der Waals surface area (Å²) < 4.78 is 57.2. The molecule has 104 valence electrons. The van der Waals surface area contributed by atoms with Crippen molar-refractivity contribution in [3.63, 3.8) is 0 Å². The molecule has 0 atom stereocenters. The second-order valence-electron chi connectivity index (χ2n) is 3.46. The molecule has 0 radical (unpaired) electrons. The predicted octanol–water partition coefficient (Wildman–Crippen LogP) is 2.74. The highest BCUT2D eigenvalue weighted by molar-refractivity contribution is 8.14. The maximum atomic E-state index is 13.3. The van der Waals surface area contributed by atoms with Crippen molar-refractivity contribution < 1.29 is 31.9 Å². The Morgan fingerprint density at radius 2 is 1.53 bits per heavy atom.